The van der Waals surface area contributed by atoms with E-state index in [9.17, 15) is 0 Å². The fraction of sp³-hybridized carbons (Fsp3) is 0.714. The number of nitrogens with one attached hydrogen (secondary N) is 1. The van der Waals surface area contributed by atoms with Crippen molar-refractivity contribution in [2.45, 2.75) is 12.1 Å². The molecule has 1 saturated heterocycles. The van der Waals surface area contributed by atoms with E-state index in [0.717, 1.165) is 26.1 Å². The van der Waals surface area contributed by atoms with Crippen LogP contribution in [-0.2, 0) is 0 Å². The predicted molar refractivity (Wildman–Crippen MR) is 45.5 cm³/mol. The van der Waals surface area contributed by atoms with Gasteiger partial charge in [0.05, 0.1) is 5.66 Å². The molecule has 0 aromatic heterocycles. The van der Waals surface area contributed by atoms with Crippen LogP contribution in [0.2, 0.25) is 0 Å². The minimum absolute atomic E-state index is 0.431. The van der Waals surface area contributed by atoms with Crippen molar-refractivity contribution in [2.75, 3.05) is 19.6 Å². The van der Waals surface area contributed by atoms with E-state index < -0.39 is 5.66 Å². The molecule has 1 aliphatic heterocycles. The molecule has 0 aliphatic carbocycles. The lowest BCUT2D eigenvalue weighted by Crippen LogP contribution is -2.68. The molecule has 5 N–H and O–H groups in total. The van der Waals surface area contributed by atoms with Gasteiger partial charge in [0.25, 0.3) is 0 Å². The molecule has 1 aliphatic rings. The highest BCUT2D eigenvalue weighted by Gasteiger charge is 2.31. The summed E-state index contributed by atoms with van der Waals surface area (Å²) in [7, 11) is 0. The lowest BCUT2D eigenvalue weighted by Gasteiger charge is -2.41. The Balaban J connectivity index is 2.56. The third-order valence-corrected chi connectivity index (χ3v) is 2.03. The molecule has 1 heterocycles. The summed E-state index contributed by atoms with van der Waals surface area (Å²) >= 11 is 0. The molecule has 0 aromatic rings. The summed E-state index contributed by atoms with van der Waals surface area (Å²) in [6, 6.07) is 0. The Hall–Kier alpha value is -0.420. The van der Waals surface area contributed by atoms with Crippen LogP contribution in [0.1, 0.15) is 6.42 Å². The smallest absolute Gasteiger partial charge is 0.0979 e. The van der Waals surface area contributed by atoms with Crippen molar-refractivity contribution in [1.29, 1.82) is 0 Å². The molecule has 0 aromatic carbocycles. The molecule has 1 rings (SSSR count). The first-order chi connectivity index (χ1) is 5.19. The van der Waals surface area contributed by atoms with Gasteiger partial charge >= 0.3 is 0 Å². The average molecular weight is 156 g/mol. The Kier molecular flexibility index (Phi) is 2.62. The fourth-order valence-corrected chi connectivity index (χ4v) is 1.27. The molecule has 1 atom stereocenters. The van der Waals surface area contributed by atoms with Gasteiger partial charge < -0.3 is 11.1 Å². The number of piperazine rings is 1. The topological polar surface area (TPSA) is 67.3 Å². The SMILES string of the molecule is C=CCC1(N)CNCCN1N. The van der Waals surface area contributed by atoms with Gasteiger partial charge in [0.1, 0.15) is 0 Å². The van der Waals surface area contributed by atoms with Crippen LogP contribution in [0.5, 0.6) is 0 Å². The summed E-state index contributed by atoms with van der Waals surface area (Å²) in [5.74, 6) is 5.72. The normalized spacial score (nSPS) is 33.6. The highest BCUT2D eigenvalue weighted by molar-refractivity contribution is 4.93. The maximum absolute atomic E-state index is 5.98. The minimum atomic E-state index is -0.431. The van der Waals surface area contributed by atoms with Crippen molar-refractivity contribution in [3.05, 3.63) is 12.7 Å². The number of hydrazine groups is 1. The van der Waals surface area contributed by atoms with Crippen molar-refractivity contribution in [3.63, 3.8) is 0 Å². The van der Waals surface area contributed by atoms with Gasteiger partial charge in [-0.05, 0) is 6.42 Å². The first-order valence-electron chi connectivity index (χ1n) is 3.82. The van der Waals surface area contributed by atoms with Gasteiger partial charge in [-0.1, -0.05) is 6.08 Å². The Morgan fingerprint density at radius 3 is 3.00 bits per heavy atom. The molecule has 0 saturated carbocycles. The van der Waals surface area contributed by atoms with E-state index in [1.807, 2.05) is 0 Å². The summed E-state index contributed by atoms with van der Waals surface area (Å²) in [6.07, 6.45) is 2.52. The highest BCUT2D eigenvalue weighted by Crippen LogP contribution is 2.11. The van der Waals surface area contributed by atoms with Gasteiger partial charge in [-0.2, -0.15) is 0 Å². The van der Waals surface area contributed by atoms with Crippen LogP contribution in [-0.4, -0.2) is 30.3 Å². The van der Waals surface area contributed by atoms with Crippen LogP contribution in [0.25, 0.3) is 0 Å². The van der Waals surface area contributed by atoms with Gasteiger partial charge in [0, 0.05) is 19.6 Å². The predicted octanol–water partition coefficient (Wildman–Crippen LogP) is -1.00. The summed E-state index contributed by atoms with van der Waals surface area (Å²) in [4.78, 5) is 0. The van der Waals surface area contributed by atoms with Crippen molar-refractivity contribution < 1.29 is 0 Å². The third kappa shape index (κ3) is 1.78. The number of hydrogen-bond acceptors (Lipinski definition) is 4. The molecule has 4 nitrogen and oxygen atoms in total. The van der Waals surface area contributed by atoms with Crippen LogP contribution >= 0.6 is 0 Å². The second kappa shape index (κ2) is 3.32. The molecule has 0 radical (unpaired) electrons. The number of hydrogen-bond donors (Lipinski definition) is 3. The molecule has 0 spiro atoms. The summed E-state index contributed by atoms with van der Waals surface area (Å²) in [6.45, 7) is 6.08. The first-order valence-corrected chi connectivity index (χ1v) is 3.82. The van der Waals surface area contributed by atoms with E-state index in [-0.39, 0.29) is 0 Å². The van der Waals surface area contributed by atoms with Crippen molar-refractivity contribution >= 4 is 0 Å². The average Bonchev–Trinajstić information content (AvgIpc) is 1.96. The zero-order chi connectivity index (χ0) is 8.32. The van der Waals surface area contributed by atoms with E-state index in [0.29, 0.717) is 0 Å². The quantitative estimate of drug-likeness (QED) is 0.354. The maximum atomic E-state index is 5.98. The second-order valence-corrected chi connectivity index (χ2v) is 2.97. The Labute approximate surface area is 67.2 Å². The summed E-state index contributed by atoms with van der Waals surface area (Å²) < 4.78 is 0. The van der Waals surface area contributed by atoms with Crippen molar-refractivity contribution in [3.8, 4) is 0 Å². The highest BCUT2D eigenvalue weighted by atomic mass is 15.5. The van der Waals surface area contributed by atoms with E-state index >= 15 is 0 Å². The van der Waals surface area contributed by atoms with Crippen LogP contribution in [0.15, 0.2) is 12.7 Å². The van der Waals surface area contributed by atoms with Crippen molar-refractivity contribution in [2.24, 2.45) is 11.6 Å². The molecular formula is C7H16N4. The van der Waals surface area contributed by atoms with Crippen molar-refractivity contribution in [1.82, 2.24) is 10.3 Å². The molecule has 1 unspecified atom stereocenters. The Morgan fingerprint density at radius 2 is 2.45 bits per heavy atom. The van der Waals surface area contributed by atoms with Gasteiger partial charge in [0.2, 0.25) is 0 Å². The molecule has 0 bridgehead atoms. The van der Waals surface area contributed by atoms with Gasteiger partial charge in [0.15, 0.2) is 0 Å². The summed E-state index contributed by atoms with van der Waals surface area (Å²) in [5, 5.41) is 4.88. The van der Waals surface area contributed by atoms with Crippen LogP contribution in [0.3, 0.4) is 0 Å². The van der Waals surface area contributed by atoms with Gasteiger partial charge in [-0.3, -0.25) is 5.84 Å². The summed E-state index contributed by atoms with van der Waals surface area (Å²) in [5.41, 5.74) is 5.55. The Morgan fingerprint density at radius 1 is 1.73 bits per heavy atom. The zero-order valence-electron chi connectivity index (χ0n) is 6.71. The zero-order valence-corrected chi connectivity index (χ0v) is 6.71. The molecule has 11 heavy (non-hydrogen) atoms. The third-order valence-electron chi connectivity index (χ3n) is 2.03. The first kappa shape index (κ1) is 8.67. The fourth-order valence-electron chi connectivity index (χ4n) is 1.27. The molecule has 4 heteroatoms. The number of nitrogens with zero attached hydrogens (tertiary/aromatic N) is 1. The molecular weight excluding hydrogens is 140 g/mol. The second-order valence-electron chi connectivity index (χ2n) is 2.97. The standard InChI is InChI=1S/C7H16N4/c1-2-3-7(8)6-10-4-5-11(7)9/h2,10H,1,3-6,8-9H2. The lowest BCUT2D eigenvalue weighted by molar-refractivity contribution is 0.0671. The maximum Gasteiger partial charge on any atom is 0.0979 e. The van der Waals surface area contributed by atoms with Gasteiger partial charge in [-0.15, -0.1) is 6.58 Å². The van der Waals surface area contributed by atoms with E-state index in [4.69, 9.17) is 11.6 Å². The number of rotatable bonds is 2. The molecule has 64 valence electrons. The van der Waals surface area contributed by atoms with E-state index in [2.05, 4.69) is 11.9 Å². The van der Waals surface area contributed by atoms with Crippen LogP contribution in [0, 0.1) is 0 Å². The van der Waals surface area contributed by atoms with E-state index in [1.54, 1.807) is 11.1 Å². The molecule has 1 fully saturated rings. The number of nitrogens with two attached hydrogens (primary N) is 2. The molecule has 0 amide bonds. The van der Waals surface area contributed by atoms with Crippen LogP contribution < -0.4 is 16.9 Å². The minimum Gasteiger partial charge on any atom is -0.312 e. The van der Waals surface area contributed by atoms with E-state index in [1.165, 1.54) is 0 Å². The monoisotopic (exact) mass is 156 g/mol. The Bertz CT molecular complexity index is 147. The van der Waals surface area contributed by atoms with Gasteiger partial charge in [-0.25, -0.2) is 5.01 Å². The lowest BCUT2D eigenvalue weighted by atomic mass is 10.0. The van der Waals surface area contributed by atoms with Crippen LogP contribution in [0.4, 0.5) is 0 Å². The largest absolute Gasteiger partial charge is 0.312 e.